The number of nitrogens with two attached hydrogens (primary N) is 1. The minimum Gasteiger partial charge on any atom is -0.398 e. The summed E-state index contributed by atoms with van der Waals surface area (Å²) in [6, 6.07) is 5.71. The second kappa shape index (κ2) is 2.93. The van der Waals surface area contributed by atoms with Crippen LogP contribution < -0.4 is 5.73 Å². The van der Waals surface area contributed by atoms with E-state index in [-0.39, 0.29) is 0 Å². The molecule has 0 radical (unpaired) electrons. The fourth-order valence-corrected chi connectivity index (χ4v) is 1.13. The highest BCUT2D eigenvalue weighted by molar-refractivity contribution is 6.33. The zero-order valence-electron chi connectivity index (χ0n) is 5.89. The monoisotopic (exact) mass is 155 g/mol. The third-order valence-electron chi connectivity index (χ3n) is 1.49. The third kappa shape index (κ3) is 1.24. The van der Waals surface area contributed by atoms with E-state index in [1.807, 2.05) is 18.2 Å². The van der Waals surface area contributed by atoms with Crippen molar-refractivity contribution >= 4 is 17.3 Å². The number of aryl methyl sites for hydroxylation is 1. The molecule has 2 N–H and O–H groups in total. The summed E-state index contributed by atoms with van der Waals surface area (Å²) in [6.45, 7) is 2.06. The molecule has 1 aromatic rings. The van der Waals surface area contributed by atoms with Crippen LogP contribution in [0.3, 0.4) is 0 Å². The Hall–Kier alpha value is -0.690. The number of rotatable bonds is 1. The standard InChI is InChI=1S/C8H10ClN/c1-2-6-4-3-5-7(10)8(6)9/h3-5H,2,10H2,1H3. The molecular formula is C8H10ClN. The van der Waals surface area contributed by atoms with Crippen LogP contribution in [0, 0.1) is 0 Å². The van der Waals surface area contributed by atoms with Gasteiger partial charge in [-0.15, -0.1) is 0 Å². The van der Waals surface area contributed by atoms with Crippen LogP contribution in [0.4, 0.5) is 5.69 Å². The van der Waals surface area contributed by atoms with Gasteiger partial charge in [0, 0.05) is 0 Å². The van der Waals surface area contributed by atoms with Crippen molar-refractivity contribution in [2.45, 2.75) is 13.3 Å². The van der Waals surface area contributed by atoms with Crippen LogP contribution in [0.1, 0.15) is 12.5 Å². The maximum Gasteiger partial charge on any atom is 0.0667 e. The van der Waals surface area contributed by atoms with Crippen molar-refractivity contribution < 1.29 is 0 Å². The first-order chi connectivity index (χ1) is 4.75. The van der Waals surface area contributed by atoms with Crippen molar-refractivity contribution in [1.82, 2.24) is 0 Å². The molecule has 0 saturated carbocycles. The van der Waals surface area contributed by atoms with Crippen LogP contribution in [0.5, 0.6) is 0 Å². The molecule has 0 fully saturated rings. The number of benzene rings is 1. The van der Waals surface area contributed by atoms with Crippen LogP contribution >= 0.6 is 11.6 Å². The number of halogens is 1. The summed E-state index contributed by atoms with van der Waals surface area (Å²) in [4.78, 5) is 0. The smallest absolute Gasteiger partial charge is 0.0667 e. The molecule has 54 valence electrons. The van der Waals surface area contributed by atoms with Gasteiger partial charge in [-0.1, -0.05) is 30.7 Å². The van der Waals surface area contributed by atoms with Crippen LogP contribution in [0.2, 0.25) is 5.02 Å². The number of anilines is 1. The lowest BCUT2D eigenvalue weighted by Gasteiger charge is -2.01. The van der Waals surface area contributed by atoms with Crippen LogP contribution in [-0.4, -0.2) is 0 Å². The van der Waals surface area contributed by atoms with Gasteiger partial charge >= 0.3 is 0 Å². The van der Waals surface area contributed by atoms with Gasteiger partial charge in [0.2, 0.25) is 0 Å². The first-order valence-electron chi connectivity index (χ1n) is 3.28. The largest absolute Gasteiger partial charge is 0.398 e. The predicted molar refractivity (Wildman–Crippen MR) is 45.2 cm³/mol. The summed E-state index contributed by atoms with van der Waals surface area (Å²) >= 11 is 5.87. The second-order valence-corrected chi connectivity index (χ2v) is 2.55. The van der Waals surface area contributed by atoms with E-state index < -0.39 is 0 Å². The lowest BCUT2D eigenvalue weighted by molar-refractivity contribution is 1.14. The molecule has 0 aliphatic heterocycles. The molecule has 0 amide bonds. The van der Waals surface area contributed by atoms with Crippen molar-refractivity contribution in [1.29, 1.82) is 0 Å². The number of nitrogen functional groups attached to an aromatic ring is 1. The van der Waals surface area contributed by atoms with Gasteiger partial charge in [0.05, 0.1) is 10.7 Å². The second-order valence-electron chi connectivity index (χ2n) is 2.17. The van der Waals surface area contributed by atoms with E-state index in [1.165, 1.54) is 0 Å². The molecule has 0 aliphatic carbocycles. The quantitative estimate of drug-likeness (QED) is 0.620. The molecule has 0 saturated heterocycles. The van der Waals surface area contributed by atoms with Crippen molar-refractivity contribution in [3.05, 3.63) is 28.8 Å². The molecule has 1 nitrogen and oxygen atoms in total. The van der Waals surface area contributed by atoms with E-state index in [9.17, 15) is 0 Å². The van der Waals surface area contributed by atoms with Crippen molar-refractivity contribution in [2.75, 3.05) is 5.73 Å². The molecule has 10 heavy (non-hydrogen) atoms. The van der Waals surface area contributed by atoms with Crippen LogP contribution in [0.15, 0.2) is 18.2 Å². The maximum absolute atomic E-state index is 5.87. The Labute approximate surface area is 65.8 Å². The lowest BCUT2D eigenvalue weighted by atomic mass is 10.1. The molecule has 0 aliphatic rings. The van der Waals surface area contributed by atoms with E-state index in [1.54, 1.807) is 0 Å². The number of hydrogen-bond acceptors (Lipinski definition) is 1. The van der Waals surface area contributed by atoms with E-state index in [2.05, 4.69) is 6.92 Å². The Morgan fingerprint density at radius 2 is 2.20 bits per heavy atom. The molecule has 0 heterocycles. The molecule has 2 heteroatoms. The van der Waals surface area contributed by atoms with Crippen molar-refractivity contribution in [2.24, 2.45) is 0 Å². The topological polar surface area (TPSA) is 26.0 Å². The molecule has 0 bridgehead atoms. The average molecular weight is 156 g/mol. The summed E-state index contributed by atoms with van der Waals surface area (Å²) in [5, 5.41) is 0.699. The molecule has 0 spiro atoms. The predicted octanol–water partition coefficient (Wildman–Crippen LogP) is 2.48. The van der Waals surface area contributed by atoms with Gasteiger partial charge in [-0.25, -0.2) is 0 Å². The number of hydrogen-bond donors (Lipinski definition) is 1. The lowest BCUT2D eigenvalue weighted by Crippen LogP contribution is -1.89. The van der Waals surface area contributed by atoms with Gasteiger partial charge in [-0.05, 0) is 18.1 Å². The van der Waals surface area contributed by atoms with Gasteiger partial charge in [0.15, 0.2) is 0 Å². The minimum absolute atomic E-state index is 0.668. The minimum atomic E-state index is 0.668. The Bertz CT molecular complexity index is 233. The molecule has 0 aromatic heterocycles. The first kappa shape index (κ1) is 7.42. The zero-order valence-corrected chi connectivity index (χ0v) is 6.65. The average Bonchev–Trinajstić information content (AvgIpc) is 1.95. The van der Waals surface area contributed by atoms with Crippen LogP contribution in [0.25, 0.3) is 0 Å². The van der Waals surface area contributed by atoms with Crippen molar-refractivity contribution in [3.8, 4) is 0 Å². The molecular weight excluding hydrogens is 146 g/mol. The Morgan fingerprint density at radius 3 is 2.70 bits per heavy atom. The highest BCUT2D eigenvalue weighted by Crippen LogP contribution is 2.22. The molecule has 0 unspecified atom stereocenters. The Balaban J connectivity index is 3.14. The molecule has 1 rings (SSSR count). The van der Waals surface area contributed by atoms with Gasteiger partial charge in [-0.2, -0.15) is 0 Å². The third-order valence-corrected chi connectivity index (χ3v) is 1.95. The van der Waals surface area contributed by atoms with E-state index in [0.717, 1.165) is 12.0 Å². The van der Waals surface area contributed by atoms with Crippen molar-refractivity contribution in [3.63, 3.8) is 0 Å². The fourth-order valence-electron chi connectivity index (χ4n) is 0.873. The summed E-state index contributed by atoms with van der Waals surface area (Å²) in [5.74, 6) is 0. The molecule has 1 aromatic carbocycles. The summed E-state index contributed by atoms with van der Waals surface area (Å²) in [6.07, 6.45) is 0.934. The fraction of sp³-hybridized carbons (Fsp3) is 0.250. The highest BCUT2D eigenvalue weighted by Gasteiger charge is 1.98. The summed E-state index contributed by atoms with van der Waals surface area (Å²) < 4.78 is 0. The Morgan fingerprint density at radius 1 is 1.50 bits per heavy atom. The van der Waals surface area contributed by atoms with Gasteiger partial charge in [0.25, 0.3) is 0 Å². The van der Waals surface area contributed by atoms with Gasteiger partial charge in [0.1, 0.15) is 0 Å². The van der Waals surface area contributed by atoms with E-state index >= 15 is 0 Å². The first-order valence-corrected chi connectivity index (χ1v) is 3.66. The summed E-state index contributed by atoms with van der Waals surface area (Å²) in [7, 11) is 0. The molecule has 0 atom stereocenters. The summed E-state index contributed by atoms with van der Waals surface area (Å²) in [5.41, 5.74) is 7.34. The van der Waals surface area contributed by atoms with Gasteiger partial charge < -0.3 is 5.73 Å². The van der Waals surface area contributed by atoms with E-state index in [4.69, 9.17) is 17.3 Å². The normalized spacial score (nSPS) is 9.80. The maximum atomic E-state index is 5.87. The zero-order chi connectivity index (χ0) is 7.56. The Kier molecular flexibility index (Phi) is 2.17. The highest BCUT2D eigenvalue weighted by atomic mass is 35.5. The van der Waals surface area contributed by atoms with Crippen LogP contribution in [-0.2, 0) is 6.42 Å². The van der Waals surface area contributed by atoms with E-state index in [0.29, 0.717) is 10.7 Å². The van der Waals surface area contributed by atoms with Gasteiger partial charge in [-0.3, -0.25) is 0 Å². The SMILES string of the molecule is CCc1cccc(N)c1Cl.